The van der Waals surface area contributed by atoms with Crippen LogP contribution in [0.3, 0.4) is 0 Å². The van der Waals surface area contributed by atoms with Crippen molar-refractivity contribution >= 4 is 133 Å². The highest BCUT2D eigenvalue weighted by atomic mass is 16.7. The van der Waals surface area contributed by atoms with Gasteiger partial charge in [0.2, 0.25) is 0 Å². The standard InChI is InChI=1S/C27H33N3O10.C22H32N2O7.B11/c1-26(2,3)23(32)39-21-12-7-17(16-37-25(34)38-19-10-8-18(9-11-19)30(35)36)15-20(21)22(31)28-13-14-29-24(33)40-27(4,5)6;1-14(25)29-13-15-8-9-17(30-19(27)21(2,3)4)16(12-15)18(26)23-10-11-24-20(28)31-22(5,6)7;1-7-10(6)11(8(2)3)9(4)5/h7-12,15H,13-14,16H2,1-6H3,(H,28,31)(H,29,33);8-9,12H,10-11,13H2,1-7H3,(H,23,26)(H,24,28);. The number of esters is 3. The van der Waals surface area contributed by atoms with Gasteiger partial charge in [-0.2, -0.15) is 0 Å². The number of nitro benzene ring substituents is 1. The summed E-state index contributed by atoms with van der Waals surface area (Å²) >= 11 is 0. The number of nitro groups is 1. The van der Waals surface area contributed by atoms with Crippen molar-refractivity contribution in [1.29, 1.82) is 0 Å². The highest BCUT2D eigenvalue weighted by Gasteiger charge is 2.29. The number of hydrogen-bond donors (Lipinski definition) is 4. The average Bonchev–Trinajstić information content (AvgIpc) is 3.49. The van der Waals surface area contributed by atoms with E-state index in [2.05, 4.69) is 21.3 Å². The lowest BCUT2D eigenvalue weighted by Gasteiger charge is -2.25. The molecule has 0 spiro atoms. The van der Waals surface area contributed by atoms with Crippen molar-refractivity contribution in [2.75, 3.05) is 26.2 Å². The minimum absolute atomic E-state index is 0.000274. The summed E-state index contributed by atoms with van der Waals surface area (Å²) in [6.45, 7) is 21.9. The largest absolute Gasteiger partial charge is 0.514 e. The third kappa shape index (κ3) is 29.6. The fraction of sp³-hybridized carbons (Fsp3) is 0.469. The molecule has 82 heavy (non-hydrogen) atoms. The summed E-state index contributed by atoms with van der Waals surface area (Å²) in [6.07, 6.45) is -4.45. The second-order valence-corrected chi connectivity index (χ2v) is 22.0. The molecule has 0 bridgehead atoms. The maximum atomic E-state index is 13.0. The number of rotatable bonds is 20. The van der Waals surface area contributed by atoms with Gasteiger partial charge < -0.3 is 54.4 Å². The molecule has 0 aromatic heterocycles. The van der Waals surface area contributed by atoms with Crippen LogP contribution in [0.15, 0.2) is 60.7 Å². The fourth-order valence-electron chi connectivity index (χ4n) is 5.86. The first kappa shape index (κ1) is 72.9. The monoisotopic (exact) mass is 1120 g/mol. The van der Waals surface area contributed by atoms with Crippen LogP contribution < -0.4 is 35.5 Å². The predicted molar refractivity (Wildman–Crippen MR) is 319 cm³/mol. The molecule has 0 aliphatic rings. The minimum atomic E-state index is -1.07. The summed E-state index contributed by atoms with van der Waals surface area (Å²) in [5.41, 5.74) is -2.01. The van der Waals surface area contributed by atoms with E-state index >= 15 is 0 Å². The lowest BCUT2D eigenvalue weighted by atomic mass is 8.56. The Morgan fingerprint density at radius 3 is 1.26 bits per heavy atom. The normalized spacial score (nSPS) is 10.8. The number of nitrogens with zero attached hydrogens (tertiary/aromatic N) is 1. The van der Waals surface area contributed by atoms with E-state index in [9.17, 15) is 48.5 Å². The van der Waals surface area contributed by atoms with E-state index in [1.807, 2.05) is 0 Å². The summed E-state index contributed by atoms with van der Waals surface area (Å²) < 4.78 is 36.2. The number of alkyl carbamates (subject to hydrolysis) is 2. The molecule has 0 aliphatic carbocycles. The molecule has 0 unspecified atom stereocenters. The highest BCUT2D eigenvalue weighted by molar-refractivity contribution is 8.02. The number of ether oxygens (including phenoxy) is 7. The Bertz CT molecular complexity index is 2660. The molecule has 3 rings (SSSR count). The van der Waals surface area contributed by atoms with Crippen LogP contribution in [0, 0.1) is 20.9 Å². The van der Waals surface area contributed by atoms with Crippen molar-refractivity contribution in [1.82, 2.24) is 21.3 Å². The zero-order valence-corrected chi connectivity index (χ0v) is 48.8. The van der Waals surface area contributed by atoms with Gasteiger partial charge in [-0.15, -0.1) is 0 Å². The SMILES string of the molecule is CC(=O)OCc1ccc(OC(=O)C(C)(C)C)c(C(=O)NCCNC(=O)OC(C)(C)C)c1.CC(C)(C)OC(=O)NCCNC(=O)c1cc(COC(=O)Oc2ccc([N+](=O)[O-])cc2)ccc1OC(=O)C(C)(C)C.[B][B]B([B])B(B([B])[B])B([B])[B]. The molecular weight excluding hydrogens is 1050 g/mol. The molecule has 3 aromatic rings. The van der Waals surface area contributed by atoms with Gasteiger partial charge in [0.1, 0.15) is 41.7 Å². The molecule has 0 saturated carbocycles. The van der Waals surface area contributed by atoms with E-state index < -0.39 is 94.2 Å². The average molecular weight is 1120 g/mol. The Balaban J connectivity index is 0.000000707. The number of benzene rings is 3. The predicted octanol–water partition coefficient (Wildman–Crippen LogP) is 3.28. The van der Waals surface area contributed by atoms with Crippen molar-refractivity contribution < 1.29 is 76.4 Å². The molecule has 0 aliphatic heterocycles. The van der Waals surface area contributed by atoms with Crippen molar-refractivity contribution in [2.24, 2.45) is 10.8 Å². The number of non-ortho nitro benzene ring substituents is 1. The Hall–Kier alpha value is -7.07. The number of carbonyl (C=O) groups is 8. The van der Waals surface area contributed by atoms with Crippen LogP contribution in [0.1, 0.15) is 122 Å². The minimum Gasteiger partial charge on any atom is -0.461 e. The summed E-state index contributed by atoms with van der Waals surface area (Å²) in [5, 5.41) is 21.1. The summed E-state index contributed by atoms with van der Waals surface area (Å²) in [6, 6.07) is 13.7. The molecule has 3 aromatic carbocycles. The van der Waals surface area contributed by atoms with Gasteiger partial charge in [0.25, 0.3) is 17.5 Å². The lowest BCUT2D eigenvalue weighted by Crippen LogP contribution is -2.63. The van der Waals surface area contributed by atoms with Gasteiger partial charge in [-0.1, -0.05) is 12.1 Å². The quantitative estimate of drug-likeness (QED) is 0.0185. The van der Waals surface area contributed by atoms with E-state index in [4.69, 9.17) is 79.6 Å². The van der Waals surface area contributed by atoms with Gasteiger partial charge in [0.05, 0.1) is 26.9 Å². The van der Waals surface area contributed by atoms with Crippen molar-refractivity contribution in [2.45, 2.75) is 114 Å². The van der Waals surface area contributed by atoms with Gasteiger partial charge in [0.15, 0.2) is 0 Å². The van der Waals surface area contributed by atoms with Gasteiger partial charge in [0, 0.05) is 124 Å². The molecule has 0 atom stereocenters. The molecule has 13 radical (unpaired) electrons. The topological polar surface area (TPSA) is 292 Å². The van der Waals surface area contributed by atoms with Crippen LogP contribution in [0.4, 0.5) is 20.1 Å². The second kappa shape index (κ2) is 33.8. The summed E-state index contributed by atoms with van der Waals surface area (Å²) in [4.78, 5) is 107. The molecule has 0 saturated heterocycles. The molecule has 0 fully saturated rings. The van der Waals surface area contributed by atoms with Gasteiger partial charge in [-0.05, 0) is 131 Å². The molecule has 0 heterocycles. The first-order valence-corrected chi connectivity index (χ1v) is 25.5. The van der Waals surface area contributed by atoms with Crippen LogP contribution in [-0.2, 0) is 46.5 Å². The molecule has 22 nitrogen and oxygen atoms in total. The van der Waals surface area contributed by atoms with E-state index in [0.717, 1.165) is 0 Å². The smallest absolute Gasteiger partial charge is 0.461 e. The molecular formula is C49H65B11N5O17. The van der Waals surface area contributed by atoms with Crippen LogP contribution in [0.5, 0.6) is 17.2 Å². The van der Waals surface area contributed by atoms with Crippen LogP contribution >= 0.6 is 0 Å². The van der Waals surface area contributed by atoms with Crippen LogP contribution in [-0.4, -0.2) is 169 Å². The summed E-state index contributed by atoms with van der Waals surface area (Å²) in [7, 11) is 33.5. The number of hydrogen-bond acceptors (Lipinski definition) is 17. The number of amides is 4. The maximum Gasteiger partial charge on any atom is 0.514 e. The zero-order valence-electron chi connectivity index (χ0n) is 48.8. The van der Waals surface area contributed by atoms with E-state index in [-0.39, 0.29) is 79.8 Å². The Morgan fingerprint density at radius 2 is 0.939 bits per heavy atom. The molecule has 421 valence electrons. The Kier molecular flexibility index (Phi) is 30.0. The molecule has 4 amide bonds. The van der Waals surface area contributed by atoms with Crippen molar-refractivity contribution in [3.8, 4) is 17.2 Å². The van der Waals surface area contributed by atoms with E-state index in [1.54, 1.807) is 89.2 Å². The third-order valence-corrected chi connectivity index (χ3v) is 9.97. The van der Waals surface area contributed by atoms with Gasteiger partial charge in [-0.3, -0.25) is 34.1 Å². The Labute approximate surface area is 490 Å². The van der Waals surface area contributed by atoms with E-state index in [0.29, 0.717) is 11.1 Å². The number of nitrogens with one attached hydrogen (secondary N) is 4. The highest BCUT2D eigenvalue weighted by Crippen LogP contribution is 2.27. The van der Waals surface area contributed by atoms with Crippen molar-refractivity contribution in [3.05, 3.63) is 93.0 Å². The Morgan fingerprint density at radius 1 is 0.561 bits per heavy atom. The second-order valence-electron chi connectivity index (χ2n) is 22.0. The first-order chi connectivity index (χ1) is 37.7. The third-order valence-electron chi connectivity index (χ3n) is 9.97. The van der Waals surface area contributed by atoms with Gasteiger partial charge >= 0.3 is 36.2 Å². The van der Waals surface area contributed by atoms with E-state index in [1.165, 1.54) is 68.6 Å². The van der Waals surface area contributed by atoms with Crippen molar-refractivity contribution in [3.63, 3.8) is 0 Å². The zero-order chi connectivity index (χ0) is 62.9. The van der Waals surface area contributed by atoms with Crippen LogP contribution in [0.2, 0.25) is 0 Å². The van der Waals surface area contributed by atoms with Gasteiger partial charge in [-0.25, -0.2) is 14.4 Å². The maximum absolute atomic E-state index is 13.0. The molecule has 4 N–H and O–H groups in total. The number of carbonyl (C=O) groups excluding carboxylic acids is 8. The first-order valence-electron chi connectivity index (χ1n) is 25.5. The lowest BCUT2D eigenvalue weighted by molar-refractivity contribution is -0.384. The fourth-order valence-corrected chi connectivity index (χ4v) is 5.86. The summed E-state index contributed by atoms with van der Waals surface area (Å²) in [5.74, 6) is -2.50. The van der Waals surface area contributed by atoms with Crippen LogP contribution in [0.25, 0.3) is 0 Å². The molecule has 33 heteroatoms.